The van der Waals surface area contributed by atoms with E-state index in [0.717, 1.165) is 6.07 Å². The van der Waals surface area contributed by atoms with Gasteiger partial charge in [-0.05, 0) is 35.9 Å². The van der Waals surface area contributed by atoms with Crippen LogP contribution in [0.1, 0.15) is 0 Å². The van der Waals surface area contributed by atoms with Crippen molar-refractivity contribution >= 4 is 34.0 Å². The number of rotatable bonds is 7. The molecule has 3 aromatic carbocycles. The van der Waals surface area contributed by atoms with Gasteiger partial charge in [-0.25, -0.2) is 23.1 Å². The Morgan fingerprint density at radius 1 is 0.943 bits per heavy atom. The number of hydrogen-bond donors (Lipinski definition) is 2. The Morgan fingerprint density at radius 2 is 1.71 bits per heavy atom. The summed E-state index contributed by atoms with van der Waals surface area (Å²) in [5.41, 5.74) is 1.75. The van der Waals surface area contributed by atoms with E-state index in [2.05, 4.69) is 27.2 Å². The number of nitrogens with one attached hydrogen (secondary N) is 2. The number of fused-ring (bicyclic) bond motifs is 1. The highest BCUT2D eigenvalue weighted by molar-refractivity contribution is 6.05. The van der Waals surface area contributed by atoms with Gasteiger partial charge < -0.3 is 20.1 Å². The molecule has 35 heavy (non-hydrogen) atoms. The third kappa shape index (κ3) is 4.86. The molecule has 0 saturated carbocycles. The van der Waals surface area contributed by atoms with E-state index < -0.39 is 23.4 Å². The fourth-order valence-corrected chi connectivity index (χ4v) is 3.46. The van der Waals surface area contributed by atoms with Crippen molar-refractivity contribution in [1.29, 1.82) is 0 Å². The van der Waals surface area contributed by atoms with E-state index in [1.807, 2.05) is 0 Å². The summed E-state index contributed by atoms with van der Waals surface area (Å²) >= 11 is 0. The second-order valence-electron chi connectivity index (χ2n) is 7.32. The summed E-state index contributed by atoms with van der Waals surface area (Å²) < 4.78 is 51.7. The van der Waals surface area contributed by atoms with Crippen LogP contribution in [-0.2, 0) is 4.79 Å². The highest BCUT2D eigenvalue weighted by atomic mass is 19.1. The number of halogens is 3. The van der Waals surface area contributed by atoms with Crippen molar-refractivity contribution in [2.24, 2.45) is 0 Å². The summed E-state index contributed by atoms with van der Waals surface area (Å²) in [5.74, 6) is -2.57. The zero-order valence-corrected chi connectivity index (χ0v) is 18.7. The molecule has 0 saturated heterocycles. The van der Waals surface area contributed by atoms with E-state index >= 15 is 0 Å². The maximum atomic E-state index is 14.4. The summed E-state index contributed by atoms with van der Waals surface area (Å²) in [4.78, 5) is 20.3. The lowest BCUT2D eigenvalue weighted by molar-refractivity contribution is -0.114. The van der Waals surface area contributed by atoms with Crippen LogP contribution < -0.4 is 20.1 Å². The lowest BCUT2D eigenvalue weighted by atomic mass is 10.0. The molecule has 4 aromatic rings. The lowest BCUT2D eigenvalue weighted by Crippen LogP contribution is -2.12. The Hall–Kier alpha value is -4.60. The number of carbonyl (C=O) groups is 1. The van der Waals surface area contributed by atoms with Crippen LogP contribution in [0.15, 0.2) is 67.3 Å². The molecule has 1 aromatic heterocycles. The minimum Gasteiger partial charge on any atom is -0.495 e. The smallest absolute Gasteiger partial charge is 0.283 e. The van der Waals surface area contributed by atoms with Gasteiger partial charge in [-0.2, -0.15) is 0 Å². The van der Waals surface area contributed by atoms with Crippen molar-refractivity contribution in [3.63, 3.8) is 0 Å². The number of nitrogens with zero attached hydrogens (tertiary/aromatic N) is 2. The number of hydrogen-bond acceptors (Lipinski definition) is 6. The first-order chi connectivity index (χ1) is 16.8. The van der Waals surface area contributed by atoms with Crippen LogP contribution in [0.3, 0.4) is 0 Å². The molecular weight excluding hydrogens is 461 g/mol. The fourth-order valence-electron chi connectivity index (χ4n) is 3.46. The van der Waals surface area contributed by atoms with Crippen LogP contribution in [0.2, 0.25) is 0 Å². The van der Waals surface area contributed by atoms with Crippen LogP contribution in [0.25, 0.3) is 22.0 Å². The highest BCUT2D eigenvalue weighted by Crippen LogP contribution is 2.37. The van der Waals surface area contributed by atoms with Crippen molar-refractivity contribution in [1.82, 2.24) is 9.97 Å². The number of carbonyl (C=O) groups excluding carboxylic acids is 1. The van der Waals surface area contributed by atoms with Crippen molar-refractivity contribution in [2.45, 2.75) is 0 Å². The largest absolute Gasteiger partial charge is 0.495 e. The molecule has 0 aliphatic rings. The molecule has 0 spiro atoms. The Labute approximate surface area is 198 Å². The molecule has 0 bridgehead atoms. The van der Waals surface area contributed by atoms with Gasteiger partial charge in [0.1, 0.15) is 35.3 Å². The molecule has 0 radical (unpaired) electrons. The summed E-state index contributed by atoms with van der Waals surface area (Å²) in [7, 11) is 2.87. The molecule has 178 valence electrons. The van der Waals surface area contributed by atoms with Gasteiger partial charge >= 0.3 is 0 Å². The van der Waals surface area contributed by atoms with Gasteiger partial charge in [-0.15, -0.1) is 0 Å². The number of methoxy groups -OCH3 is 2. The maximum Gasteiger partial charge on any atom is 0.283 e. The molecule has 10 heteroatoms. The molecule has 7 nitrogen and oxygen atoms in total. The first-order valence-corrected chi connectivity index (χ1v) is 10.2. The van der Waals surface area contributed by atoms with Crippen LogP contribution in [0.4, 0.5) is 30.4 Å². The van der Waals surface area contributed by atoms with Gasteiger partial charge in [0.25, 0.3) is 5.91 Å². The van der Waals surface area contributed by atoms with Gasteiger partial charge in [0.05, 0.1) is 31.1 Å². The summed E-state index contributed by atoms with van der Waals surface area (Å²) in [6.45, 7) is 2.99. The lowest BCUT2D eigenvalue weighted by Gasteiger charge is -2.16. The molecule has 2 N–H and O–H groups in total. The topological polar surface area (TPSA) is 85.4 Å². The van der Waals surface area contributed by atoms with Crippen molar-refractivity contribution in [3.05, 3.63) is 78.9 Å². The van der Waals surface area contributed by atoms with Gasteiger partial charge in [0, 0.05) is 23.1 Å². The van der Waals surface area contributed by atoms with Crippen molar-refractivity contribution < 1.29 is 27.4 Å². The molecule has 4 rings (SSSR count). The summed E-state index contributed by atoms with van der Waals surface area (Å²) in [6.07, 6.45) is 1.32. The van der Waals surface area contributed by atoms with Crippen molar-refractivity contribution in [3.8, 4) is 22.6 Å². The van der Waals surface area contributed by atoms with Gasteiger partial charge in [-0.1, -0.05) is 12.6 Å². The van der Waals surface area contributed by atoms with E-state index in [1.54, 1.807) is 24.3 Å². The Balaban J connectivity index is 1.80. The summed E-state index contributed by atoms with van der Waals surface area (Å²) in [6, 6.07) is 11.3. The Kier molecular flexibility index (Phi) is 6.54. The molecule has 0 aliphatic carbocycles. The van der Waals surface area contributed by atoms with Crippen LogP contribution in [-0.4, -0.2) is 30.1 Å². The van der Waals surface area contributed by atoms with Crippen LogP contribution in [0.5, 0.6) is 11.5 Å². The van der Waals surface area contributed by atoms with E-state index in [4.69, 9.17) is 9.47 Å². The Bertz CT molecular complexity index is 1460. The molecule has 0 aliphatic heterocycles. The highest BCUT2D eigenvalue weighted by Gasteiger charge is 2.16. The van der Waals surface area contributed by atoms with Crippen LogP contribution in [0, 0.1) is 11.6 Å². The molecule has 0 atom stereocenters. The minimum atomic E-state index is -1.16. The monoisotopic (exact) mass is 480 g/mol. The van der Waals surface area contributed by atoms with Crippen LogP contribution >= 0.6 is 0 Å². The average Bonchev–Trinajstić information content (AvgIpc) is 2.84. The normalized spacial score (nSPS) is 10.7. The van der Waals surface area contributed by atoms with Gasteiger partial charge in [-0.3, -0.25) is 4.79 Å². The SMILES string of the molecule is C=C(F)C(=O)Nc1cc2c(Nc3cc(-c4ccc(F)cc4F)ccc3OC)ncnc2cc1OC. The maximum absolute atomic E-state index is 14.4. The minimum absolute atomic E-state index is 0.177. The molecule has 1 heterocycles. The van der Waals surface area contributed by atoms with E-state index in [9.17, 15) is 18.0 Å². The van der Waals surface area contributed by atoms with Crippen molar-refractivity contribution in [2.75, 3.05) is 24.9 Å². The second kappa shape index (κ2) is 9.72. The predicted octanol–water partition coefficient (Wildman–Crippen LogP) is 5.76. The second-order valence-corrected chi connectivity index (χ2v) is 7.32. The quantitative estimate of drug-likeness (QED) is 0.327. The molecule has 1 amide bonds. The number of benzene rings is 3. The molecule has 0 unspecified atom stereocenters. The Morgan fingerprint density at radius 3 is 2.40 bits per heavy atom. The molecular formula is C25H19F3N4O3. The number of amides is 1. The first kappa shape index (κ1) is 23.6. The van der Waals surface area contributed by atoms with E-state index in [-0.39, 0.29) is 17.0 Å². The molecule has 0 fully saturated rings. The van der Waals surface area contributed by atoms with Gasteiger partial charge in [0.15, 0.2) is 5.83 Å². The third-order valence-corrected chi connectivity index (χ3v) is 5.15. The van der Waals surface area contributed by atoms with E-state index in [1.165, 1.54) is 38.7 Å². The standard InChI is InChI=1S/C25H19F3N4O3/c1-13(26)25(33)32-21-10-17-19(11-23(21)35-3)29-12-30-24(17)31-20-8-14(4-7-22(20)34-2)16-6-5-15(27)9-18(16)28/h4-12H,1H2,2-3H3,(H,32,33)(H,29,30,31). The number of anilines is 3. The van der Waals surface area contributed by atoms with E-state index in [0.29, 0.717) is 33.7 Å². The first-order valence-electron chi connectivity index (χ1n) is 10.2. The average molecular weight is 480 g/mol. The number of ether oxygens (including phenoxy) is 2. The zero-order chi connectivity index (χ0) is 25.1. The zero-order valence-electron chi connectivity index (χ0n) is 18.7. The fraction of sp³-hybridized carbons (Fsp3) is 0.0800. The third-order valence-electron chi connectivity index (χ3n) is 5.15. The predicted molar refractivity (Wildman–Crippen MR) is 127 cm³/mol. The summed E-state index contributed by atoms with van der Waals surface area (Å²) in [5, 5.41) is 5.99. The number of aromatic nitrogens is 2. The van der Waals surface area contributed by atoms with Gasteiger partial charge in [0.2, 0.25) is 0 Å².